The minimum atomic E-state index is -0.261. The molecule has 9 heteroatoms. The molecule has 1 aromatic heterocycles. The minimum Gasteiger partial charge on any atom is -0.398 e. The van der Waals surface area contributed by atoms with E-state index in [0.29, 0.717) is 34.7 Å². The maximum Gasteiger partial charge on any atom is 0.255 e. The molecular weight excluding hydrogens is 448 g/mol. The summed E-state index contributed by atoms with van der Waals surface area (Å²) in [5.74, 6) is 5.34. The molecule has 2 heterocycles. The van der Waals surface area contributed by atoms with Crippen molar-refractivity contribution >= 4 is 51.7 Å². The standard InChI is InChI=1S/C25H22N6O2S/c1-14-10-21(26)20-12-16(2-8-22(20)28-14)25(33)30-19-6-4-18(5-7-19)29-24(32)15-3-9-23-17(11-15)13-31(27)34-23/h2-12H,13,27H2,1H3,(H2,26,28)(H,29,32)(H,30,33). The number of nitrogens with one attached hydrogen (secondary N) is 2. The van der Waals surface area contributed by atoms with Crippen LogP contribution in [0.2, 0.25) is 0 Å². The highest BCUT2D eigenvalue weighted by Crippen LogP contribution is 2.33. The van der Waals surface area contributed by atoms with Gasteiger partial charge in [-0.2, -0.15) is 4.41 Å². The average Bonchev–Trinajstić information content (AvgIpc) is 3.19. The first-order valence-electron chi connectivity index (χ1n) is 10.6. The Bertz CT molecular complexity index is 1440. The van der Waals surface area contributed by atoms with Crippen molar-refractivity contribution in [3.63, 3.8) is 0 Å². The van der Waals surface area contributed by atoms with Gasteiger partial charge in [-0.3, -0.25) is 20.4 Å². The van der Waals surface area contributed by atoms with Gasteiger partial charge in [0.1, 0.15) is 0 Å². The second kappa shape index (κ2) is 8.79. The summed E-state index contributed by atoms with van der Waals surface area (Å²) in [7, 11) is 0. The molecule has 34 heavy (non-hydrogen) atoms. The number of aromatic nitrogens is 1. The third kappa shape index (κ3) is 4.44. The lowest BCUT2D eigenvalue weighted by molar-refractivity contribution is 0.101. The van der Waals surface area contributed by atoms with E-state index in [9.17, 15) is 9.59 Å². The van der Waals surface area contributed by atoms with Crippen molar-refractivity contribution < 1.29 is 9.59 Å². The number of carbonyl (C=O) groups excluding carboxylic acids is 2. The zero-order valence-electron chi connectivity index (χ0n) is 18.3. The van der Waals surface area contributed by atoms with E-state index < -0.39 is 0 Å². The van der Waals surface area contributed by atoms with Crippen LogP contribution in [-0.4, -0.2) is 21.2 Å². The van der Waals surface area contributed by atoms with Gasteiger partial charge in [-0.15, -0.1) is 0 Å². The number of nitrogens with two attached hydrogens (primary N) is 2. The lowest BCUT2D eigenvalue weighted by Crippen LogP contribution is -2.17. The van der Waals surface area contributed by atoms with Crippen molar-refractivity contribution in [3.05, 3.63) is 89.1 Å². The first-order chi connectivity index (χ1) is 16.4. The van der Waals surface area contributed by atoms with Gasteiger partial charge >= 0.3 is 0 Å². The van der Waals surface area contributed by atoms with E-state index in [0.717, 1.165) is 27.1 Å². The summed E-state index contributed by atoms with van der Waals surface area (Å²) in [5, 5.41) is 6.48. The zero-order chi connectivity index (χ0) is 23.8. The number of hydrazine groups is 1. The Kier molecular flexibility index (Phi) is 5.66. The lowest BCUT2D eigenvalue weighted by Gasteiger charge is -2.10. The average molecular weight is 471 g/mol. The van der Waals surface area contributed by atoms with Crippen molar-refractivity contribution in [2.24, 2.45) is 5.84 Å². The van der Waals surface area contributed by atoms with Gasteiger partial charge in [0, 0.05) is 44.2 Å². The fourth-order valence-corrected chi connectivity index (χ4v) is 4.66. The number of hydrogen-bond donors (Lipinski definition) is 4. The molecule has 0 saturated heterocycles. The number of rotatable bonds is 4. The van der Waals surface area contributed by atoms with Crippen LogP contribution < -0.4 is 22.2 Å². The highest BCUT2D eigenvalue weighted by molar-refractivity contribution is 7.97. The molecule has 1 aliphatic rings. The largest absolute Gasteiger partial charge is 0.398 e. The fourth-order valence-electron chi connectivity index (χ4n) is 3.83. The number of hydrogen-bond acceptors (Lipinski definition) is 7. The summed E-state index contributed by atoms with van der Waals surface area (Å²) in [5.41, 5.74) is 11.6. The molecule has 8 nitrogen and oxygen atoms in total. The van der Waals surface area contributed by atoms with Gasteiger partial charge in [0.25, 0.3) is 11.8 Å². The monoisotopic (exact) mass is 470 g/mol. The van der Waals surface area contributed by atoms with Crippen LogP contribution in [0.15, 0.2) is 71.6 Å². The first kappa shape index (κ1) is 21.9. The molecular formula is C25H22N6O2S. The molecule has 0 radical (unpaired) electrons. The highest BCUT2D eigenvalue weighted by Gasteiger charge is 2.19. The van der Waals surface area contributed by atoms with E-state index in [-0.39, 0.29) is 11.8 Å². The van der Waals surface area contributed by atoms with Crippen LogP contribution in [0.25, 0.3) is 10.9 Å². The maximum absolute atomic E-state index is 12.7. The molecule has 0 unspecified atom stereocenters. The topological polar surface area (TPSA) is 126 Å². The van der Waals surface area contributed by atoms with Crippen LogP contribution in [0.5, 0.6) is 0 Å². The van der Waals surface area contributed by atoms with Gasteiger partial charge in [0.15, 0.2) is 0 Å². The molecule has 0 bridgehead atoms. The van der Waals surface area contributed by atoms with Crippen LogP contribution in [-0.2, 0) is 6.54 Å². The fraction of sp³-hybridized carbons (Fsp3) is 0.0800. The van der Waals surface area contributed by atoms with Gasteiger partial charge < -0.3 is 16.4 Å². The molecule has 170 valence electrons. The summed E-state index contributed by atoms with van der Waals surface area (Å²) in [4.78, 5) is 30.9. The lowest BCUT2D eigenvalue weighted by atomic mass is 10.1. The number of anilines is 3. The van der Waals surface area contributed by atoms with Crippen LogP contribution in [0, 0.1) is 6.92 Å². The quantitative estimate of drug-likeness (QED) is 0.258. The number of nitrogens with zero attached hydrogens (tertiary/aromatic N) is 2. The maximum atomic E-state index is 12.7. The van der Waals surface area contributed by atoms with Crippen molar-refractivity contribution in [3.8, 4) is 0 Å². The van der Waals surface area contributed by atoms with Crippen LogP contribution in [0.1, 0.15) is 32.0 Å². The summed E-state index contributed by atoms with van der Waals surface area (Å²) in [6.45, 7) is 2.47. The predicted molar refractivity (Wildman–Crippen MR) is 135 cm³/mol. The molecule has 4 aromatic rings. The Morgan fingerprint density at radius 1 is 0.912 bits per heavy atom. The first-order valence-corrected chi connectivity index (χ1v) is 11.4. The molecule has 0 atom stereocenters. The van der Waals surface area contributed by atoms with Crippen molar-refractivity contribution in [1.29, 1.82) is 0 Å². The zero-order valence-corrected chi connectivity index (χ0v) is 19.1. The Morgan fingerprint density at radius 3 is 2.21 bits per heavy atom. The van der Waals surface area contributed by atoms with Gasteiger partial charge in [-0.1, -0.05) is 0 Å². The van der Waals surface area contributed by atoms with E-state index in [1.165, 1.54) is 11.9 Å². The molecule has 0 fully saturated rings. The van der Waals surface area contributed by atoms with Crippen LogP contribution in [0.4, 0.5) is 17.1 Å². The Hall–Kier alpha value is -3.92. The van der Waals surface area contributed by atoms with E-state index in [4.69, 9.17) is 11.6 Å². The van der Waals surface area contributed by atoms with Gasteiger partial charge in [-0.25, -0.2) is 0 Å². The summed E-state index contributed by atoms with van der Waals surface area (Å²) >= 11 is 1.46. The van der Waals surface area contributed by atoms with Gasteiger partial charge in [-0.05, 0) is 91.2 Å². The van der Waals surface area contributed by atoms with E-state index >= 15 is 0 Å². The second-order valence-corrected chi connectivity index (χ2v) is 9.15. The molecule has 0 spiro atoms. The van der Waals surface area contributed by atoms with Crippen molar-refractivity contribution in [1.82, 2.24) is 9.40 Å². The number of amides is 2. The highest BCUT2D eigenvalue weighted by atomic mass is 32.2. The number of benzene rings is 3. The van der Waals surface area contributed by atoms with Gasteiger partial charge in [0.05, 0.1) is 12.1 Å². The summed E-state index contributed by atoms with van der Waals surface area (Å²) in [6, 6.07) is 19.5. The molecule has 0 aliphatic carbocycles. The van der Waals surface area contributed by atoms with Crippen LogP contribution >= 0.6 is 11.9 Å². The Balaban J connectivity index is 1.25. The van der Waals surface area contributed by atoms with Gasteiger partial charge in [0.2, 0.25) is 0 Å². The van der Waals surface area contributed by atoms with Crippen molar-refractivity contribution in [2.45, 2.75) is 18.4 Å². The molecule has 2 amide bonds. The number of nitrogen functional groups attached to an aromatic ring is 1. The smallest absolute Gasteiger partial charge is 0.255 e. The summed E-state index contributed by atoms with van der Waals surface area (Å²) < 4.78 is 1.63. The molecule has 3 aromatic carbocycles. The molecule has 0 saturated carbocycles. The SMILES string of the molecule is Cc1cc(N)c2cc(C(=O)Nc3ccc(NC(=O)c4ccc5c(c4)CN(N)S5)cc3)ccc2n1. The normalized spacial score (nSPS) is 13.0. The van der Waals surface area contributed by atoms with E-state index in [1.54, 1.807) is 59.0 Å². The number of carbonyl (C=O) groups is 2. The third-order valence-electron chi connectivity index (χ3n) is 5.50. The molecule has 1 aliphatic heterocycles. The number of pyridine rings is 1. The van der Waals surface area contributed by atoms with E-state index in [1.807, 2.05) is 19.1 Å². The molecule has 6 N–H and O–H groups in total. The molecule has 5 rings (SSSR count). The Labute approximate surface area is 200 Å². The number of aryl methyl sites for hydroxylation is 1. The predicted octanol–water partition coefficient (Wildman–Crippen LogP) is 4.33. The summed E-state index contributed by atoms with van der Waals surface area (Å²) in [6.07, 6.45) is 0. The minimum absolute atomic E-state index is 0.211. The Morgan fingerprint density at radius 2 is 1.53 bits per heavy atom. The number of fused-ring (bicyclic) bond motifs is 2. The second-order valence-electron chi connectivity index (χ2n) is 8.06. The third-order valence-corrected chi connectivity index (χ3v) is 6.45. The van der Waals surface area contributed by atoms with E-state index in [2.05, 4.69) is 15.6 Å². The van der Waals surface area contributed by atoms with Crippen LogP contribution in [0.3, 0.4) is 0 Å². The van der Waals surface area contributed by atoms with Crippen molar-refractivity contribution in [2.75, 3.05) is 16.4 Å².